The number of nitrogens with zero attached hydrogens (tertiary/aromatic N) is 4. The number of rotatable bonds is 3. The van der Waals surface area contributed by atoms with Gasteiger partial charge in [-0.05, 0) is 43.2 Å². The second kappa shape index (κ2) is 5.25. The van der Waals surface area contributed by atoms with Gasteiger partial charge in [-0.25, -0.2) is 0 Å². The number of carbonyl (C=O) groups is 1. The molecule has 3 fully saturated rings. The highest BCUT2D eigenvalue weighted by molar-refractivity contribution is 5.85. The molecule has 0 aromatic carbocycles. The van der Waals surface area contributed by atoms with E-state index >= 15 is 0 Å². The topological polar surface area (TPSA) is 62.5 Å². The maximum absolute atomic E-state index is 13.0. The van der Waals surface area contributed by atoms with Crippen LogP contribution in [0.3, 0.4) is 0 Å². The Hall–Kier alpha value is -1.59. The minimum absolute atomic E-state index is 0.212. The Labute approximate surface area is 130 Å². The summed E-state index contributed by atoms with van der Waals surface area (Å²) in [6.07, 6.45) is 6.97. The third kappa shape index (κ3) is 2.29. The Morgan fingerprint density at radius 3 is 2.82 bits per heavy atom. The van der Waals surface area contributed by atoms with E-state index in [0.717, 1.165) is 51.4 Å². The Balaban J connectivity index is 1.47. The third-order valence-electron chi connectivity index (χ3n) is 5.68. The zero-order valence-corrected chi connectivity index (χ0v) is 13.3. The van der Waals surface area contributed by atoms with Crippen LogP contribution < -0.4 is 4.90 Å². The maximum atomic E-state index is 13.0. The van der Waals surface area contributed by atoms with Crippen molar-refractivity contribution in [2.24, 2.45) is 11.3 Å². The van der Waals surface area contributed by atoms with Crippen molar-refractivity contribution in [1.82, 2.24) is 15.0 Å². The molecule has 3 heterocycles. The van der Waals surface area contributed by atoms with Gasteiger partial charge in [-0.3, -0.25) is 4.79 Å². The third-order valence-corrected chi connectivity index (χ3v) is 5.68. The molecule has 4 rings (SSSR count). The standard InChI is InChI=1S/C16H24N4O2/c1-12-17-15(18-22-12)20-9-7-16(11-20)6-3-8-19(14(16)21)10-13-4-2-5-13/h13H,2-11H2,1H3. The van der Waals surface area contributed by atoms with Crippen molar-refractivity contribution in [3.05, 3.63) is 5.89 Å². The average molecular weight is 304 g/mol. The largest absolute Gasteiger partial charge is 0.342 e. The molecular formula is C16H24N4O2. The van der Waals surface area contributed by atoms with Crippen LogP contribution in [0.2, 0.25) is 0 Å². The van der Waals surface area contributed by atoms with Crippen LogP contribution in [0.5, 0.6) is 0 Å². The minimum Gasteiger partial charge on any atom is -0.342 e. The van der Waals surface area contributed by atoms with Crippen LogP contribution in [0, 0.1) is 18.3 Å². The lowest BCUT2D eigenvalue weighted by atomic mass is 9.77. The molecule has 1 saturated carbocycles. The number of hydrogen-bond acceptors (Lipinski definition) is 5. The molecule has 2 saturated heterocycles. The van der Waals surface area contributed by atoms with E-state index < -0.39 is 0 Å². The van der Waals surface area contributed by atoms with Gasteiger partial charge in [-0.2, -0.15) is 4.98 Å². The summed E-state index contributed by atoms with van der Waals surface area (Å²) in [6, 6.07) is 0. The van der Waals surface area contributed by atoms with Crippen LogP contribution in [0.4, 0.5) is 5.95 Å². The number of aryl methyl sites for hydroxylation is 1. The van der Waals surface area contributed by atoms with Gasteiger partial charge in [-0.15, -0.1) is 0 Å². The van der Waals surface area contributed by atoms with E-state index in [1.54, 1.807) is 6.92 Å². The smallest absolute Gasteiger partial charge is 0.266 e. The summed E-state index contributed by atoms with van der Waals surface area (Å²) >= 11 is 0. The molecule has 1 aliphatic carbocycles. The van der Waals surface area contributed by atoms with E-state index in [0.29, 0.717) is 17.7 Å². The molecule has 1 amide bonds. The van der Waals surface area contributed by atoms with Crippen molar-refractivity contribution in [2.45, 2.75) is 45.4 Å². The van der Waals surface area contributed by atoms with Crippen molar-refractivity contribution < 1.29 is 9.32 Å². The predicted molar refractivity (Wildman–Crippen MR) is 81.5 cm³/mol. The Kier molecular flexibility index (Phi) is 3.35. The number of likely N-dealkylation sites (tertiary alicyclic amines) is 1. The van der Waals surface area contributed by atoms with E-state index in [9.17, 15) is 4.79 Å². The second-order valence-electron chi connectivity index (χ2n) is 7.22. The van der Waals surface area contributed by atoms with Gasteiger partial charge in [0.25, 0.3) is 5.95 Å². The van der Waals surface area contributed by atoms with Crippen LogP contribution in [0.1, 0.15) is 44.4 Å². The quantitative estimate of drug-likeness (QED) is 0.854. The van der Waals surface area contributed by atoms with Gasteiger partial charge in [0.15, 0.2) is 0 Å². The van der Waals surface area contributed by atoms with E-state index in [4.69, 9.17) is 4.52 Å². The van der Waals surface area contributed by atoms with E-state index in [-0.39, 0.29) is 5.41 Å². The molecule has 6 heteroatoms. The minimum atomic E-state index is -0.212. The van der Waals surface area contributed by atoms with E-state index in [1.165, 1.54) is 19.3 Å². The lowest BCUT2D eigenvalue weighted by Crippen LogP contribution is -2.51. The number of carbonyl (C=O) groups excluding carboxylic acids is 1. The fraction of sp³-hybridized carbons (Fsp3) is 0.812. The van der Waals surface area contributed by atoms with Gasteiger partial charge in [0.05, 0.1) is 5.41 Å². The van der Waals surface area contributed by atoms with Gasteiger partial charge < -0.3 is 14.3 Å². The van der Waals surface area contributed by atoms with Crippen molar-refractivity contribution in [2.75, 3.05) is 31.1 Å². The molecule has 1 spiro atoms. The number of hydrogen-bond donors (Lipinski definition) is 0. The molecule has 0 N–H and O–H groups in total. The SMILES string of the molecule is Cc1nc(N2CCC3(CCCN(CC4CCC4)C3=O)C2)no1. The van der Waals surface area contributed by atoms with Gasteiger partial charge in [0.2, 0.25) is 11.8 Å². The summed E-state index contributed by atoms with van der Waals surface area (Å²) in [6.45, 7) is 5.31. The first kappa shape index (κ1) is 14.0. The van der Waals surface area contributed by atoms with Crippen LogP contribution in [-0.2, 0) is 4.79 Å². The van der Waals surface area contributed by atoms with Crippen LogP contribution in [0.15, 0.2) is 4.52 Å². The Bertz CT molecular complexity index is 568. The Morgan fingerprint density at radius 1 is 1.27 bits per heavy atom. The fourth-order valence-electron chi connectivity index (χ4n) is 4.15. The molecule has 120 valence electrons. The summed E-state index contributed by atoms with van der Waals surface area (Å²) in [7, 11) is 0. The van der Waals surface area contributed by atoms with Crippen molar-refractivity contribution in [1.29, 1.82) is 0 Å². The number of amides is 1. The zero-order chi connectivity index (χ0) is 15.2. The Morgan fingerprint density at radius 2 is 2.14 bits per heavy atom. The summed E-state index contributed by atoms with van der Waals surface area (Å²) in [5.41, 5.74) is -0.212. The van der Waals surface area contributed by atoms with Crippen molar-refractivity contribution >= 4 is 11.9 Å². The number of anilines is 1. The molecule has 0 bridgehead atoms. The molecular weight excluding hydrogens is 280 g/mol. The number of aromatic nitrogens is 2. The van der Waals surface area contributed by atoms with Crippen molar-refractivity contribution in [3.63, 3.8) is 0 Å². The lowest BCUT2D eigenvalue weighted by Gasteiger charge is -2.42. The molecule has 2 aliphatic heterocycles. The average Bonchev–Trinajstić information content (AvgIpc) is 3.06. The normalized spacial score (nSPS) is 29.4. The molecule has 3 aliphatic rings. The van der Waals surface area contributed by atoms with Crippen molar-refractivity contribution in [3.8, 4) is 0 Å². The molecule has 0 radical (unpaired) electrons. The van der Waals surface area contributed by atoms with Crippen LogP contribution >= 0.6 is 0 Å². The maximum Gasteiger partial charge on any atom is 0.266 e. The van der Waals surface area contributed by atoms with Gasteiger partial charge in [0, 0.05) is 33.1 Å². The predicted octanol–water partition coefficient (Wildman–Crippen LogP) is 2.00. The van der Waals surface area contributed by atoms with Crippen LogP contribution in [-0.4, -0.2) is 47.1 Å². The molecule has 1 unspecified atom stereocenters. The summed E-state index contributed by atoms with van der Waals surface area (Å²) in [5.74, 6) is 2.33. The van der Waals surface area contributed by atoms with Crippen LogP contribution in [0.25, 0.3) is 0 Å². The summed E-state index contributed by atoms with van der Waals surface area (Å²) in [4.78, 5) is 21.6. The summed E-state index contributed by atoms with van der Waals surface area (Å²) < 4.78 is 5.08. The molecule has 6 nitrogen and oxygen atoms in total. The summed E-state index contributed by atoms with van der Waals surface area (Å²) in [5, 5.41) is 4.01. The highest BCUT2D eigenvalue weighted by Gasteiger charge is 2.49. The van der Waals surface area contributed by atoms with Gasteiger partial charge in [0.1, 0.15) is 0 Å². The first-order valence-electron chi connectivity index (χ1n) is 8.51. The first-order valence-corrected chi connectivity index (χ1v) is 8.51. The second-order valence-corrected chi connectivity index (χ2v) is 7.22. The van der Waals surface area contributed by atoms with Gasteiger partial charge in [-0.1, -0.05) is 6.42 Å². The first-order chi connectivity index (χ1) is 10.7. The highest BCUT2D eigenvalue weighted by atomic mass is 16.5. The van der Waals surface area contributed by atoms with E-state index in [2.05, 4.69) is 19.9 Å². The highest BCUT2D eigenvalue weighted by Crippen LogP contribution is 2.42. The molecule has 22 heavy (non-hydrogen) atoms. The van der Waals surface area contributed by atoms with Gasteiger partial charge >= 0.3 is 0 Å². The number of piperidine rings is 1. The van der Waals surface area contributed by atoms with E-state index in [1.807, 2.05) is 0 Å². The fourth-order valence-corrected chi connectivity index (χ4v) is 4.15. The lowest BCUT2D eigenvalue weighted by molar-refractivity contribution is -0.146. The molecule has 1 aromatic rings. The zero-order valence-electron chi connectivity index (χ0n) is 13.3. The molecule has 1 atom stereocenters. The molecule has 1 aromatic heterocycles. The monoisotopic (exact) mass is 304 g/mol.